The Morgan fingerprint density at radius 1 is 1.53 bits per heavy atom. The van der Waals surface area contributed by atoms with Crippen molar-refractivity contribution >= 4 is 11.8 Å². The van der Waals surface area contributed by atoms with Crippen LogP contribution < -0.4 is 11.1 Å². The fraction of sp³-hybridized carbons (Fsp3) is 0.333. The zero-order chi connectivity index (χ0) is 13.8. The predicted octanol–water partition coefficient (Wildman–Crippen LogP) is -1.15. The first kappa shape index (κ1) is 13.0. The molecule has 7 nitrogen and oxygen atoms in total. The largest absolute Gasteiger partial charge is 0.368 e. The molecule has 1 fully saturated rings. The van der Waals surface area contributed by atoms with Crippen molar-refractivity contribution in [1.29, 1.82) is 5.26 Å². The van der Waals surface area contributed by atoms with E-state index in [0.29, 0.717) is 25.2 Å². The van der Waals surface area contributed by atoms with Gasteiger partial charge in [-0.3, -0.25) is 9.59 Å². The summed E-state index contributed by atoms with van der Waals surface area (Å²) in [5.74, 6) is -0.899. The number of carbonyl (C=O) groups excluding carboxylic acids is 2. The van der Waals surface area contributed by atoms with Gasteiger partial charge in [0.2, 0.25) is 5.91 Å². The lowest BCUT2D eigenvalue weighted by Gasteiger charge is -2.33. The lowest BCUT2D eigenvalue weighted by atomic mass is 10.1. The zero-order valence-electron chi connectivity index (χ0n) is 10.2. The summed E-state index contributed by atoms with van der Waals surface area (Å²) in [6, 6.07) is 4.25. The van der Waals surface area contributed by atoms with Gasteiger partial charge in [-0.1, -0.05) is 0 Å². The molecule has 1 atom stereocenters. The number of hydrogen-bond donors (Lipinski definition) is 2. The number of nitrogens with two attached hydrogens (primary N) is 1. The summed E-state index contributed by atoms with van der Waals surface area (Å²) in [6.45, 7) is 1.34. The molecule has 0 aromatic carbocycles. The molecule has 0 bridgehead atoms. The van der Waals surface area contributed by atoms with E-state index in [1.165, 1.54) is 23.2 Å². The number of nitrogens with one attached hydrogen (secondary N) is 1. The summed E-state index contributed by atoms with van der Waals surface area (Å²) in [7, 11) is 0. The van der Waals surface area contributed by atoms with Crippen LogP contribution in [0.15, 0.2) is 18.3 Å². The standard InChI is InChI=1S/C12H13N5O2/c13-5-8-1-2-9(16-6-8)12(19)17-4-3-15-7-10(17)11(14)18/h1-2,6,10,15H,3-4,7H2,(H2,14,18). The Hall–Kier alpha value is -2.46. The van der Waals surface area contributed by atoms with Crippen molar-refractivity contribution in [2.24, 2.45) is 5.73 Å². The molecule has 1 saturated heterocycles. The molecule has 1 aromatic rings. The molecule has 98 valence electrons. The van der Waals surface area contributed by atoms with Crippen LogP contribution in [0.1, 0.15) is 16.1 Å². The van der Waals surface area contributed by atoms with E-state index in [-0.39, 0.29) is 11.6 Å². The molecule has 2 rings (SSSR count). The number of amides is 2. The highest BCUT2D eigenvalue weighted by Crippen LogP contribution is 2.09. The molecule has 1 unspecified atom stereocenters. The molecule has 7 heteroatoms. The summed E-state index contributed by atoms with van der Waals surface area (Å²) < 4.78 is 0. The Morgan fingerprint density at radius 3 is 2.89 bits per heavy atom. The van der Waals surface area contributed by atoms with Crippen molar-refractivity contribution in [1.82, 2.24) is 15.2 Å². The number of primary amides is 1. The molecule has 1 aromatic heterocycles. The monoisotopic (exact) mass is 259 g/mol. The molecular formula is C12H13N5O2. The third-order valence-electron chi connectivity index (χ3n) is 2.94. The van der Waals surface area contributed by atoms with E-state index in [0.717, 1.165) is 0 Å². The minimum atomic E-state index is -0.668. The Balaban J connectivity index is 2.21. The first-order valence-corrected chi connectivity index (χ1v) is 5.80. The van der Waals surface area contributed by atoms with E-state index in [2.05, 4.69) is 10.3 Å². The van der Waals surface area contributed by atoms with Gasteiger partial charge >= 0.3 is 0 Å². The van der Waals surface area contributed by atoms with Crippen LogP contribution in [0.25, 0.3) is 0 Å². The number of carbonyl (C=O) groups is 2. The minimum absolute atomic E-state index is 0.201. The third-order valence-corrected chi connectivity index (χ3v) is 2.94. The number of piperazine rings is 1. The highest BCUT2D eigenvalue weighted by Gasteiger charge is 2.31. The van der Waals surface area contributed by atoms with E-state index < -0.39 is 11.9 Å². The molecule has 0 radical (unpaired) electrons. The van der Waals surface area contributed by atoms with Crippen LogP contribution in [0.5, 0.6) is 0 Å². The number of nitriles is 1. The quantitative estimate of drug-likeness (QED) is 0.696. The van der Waals surface area contributed by atoms with Gasteiger partial charge in [-0.25, -0.2) is 4.98 Å². The summed E-state index contributed by atoms with van der Waals surface area (Å²) in [5, 5.41) is 11.7. The Morgan fingerprint density at radius 2 is 2.32 bits per heavy atom. The molecule has 1 aliphatic rings. The Bertz CT molecular complexity index is 534. The van der Waals surface area contributed by atoms with Gasteiger partial charge in [0.1, 0.15) is 17.8 Å². The normalized spacial score (nSPS) is 18.7. The van der Waals surface area contributed by atoms with Crippen molar-refractivity contribution in [3.05, 3.63) is 29.6 Å². The van der Waals surface area contributed by atoms with Crippen molar-refractivity contribution in [3.8, 4) is 6.07 Å². The van der Waals surface area contributed by atoms with Gasteiger partial charge < -0.3 is 16.0 Å². The van der Waals surface area contributed by atoms with Gasteiger partial charge in [0.15, 0.2) is 0 Å². The van der Waals surface area contributed by atoms with E-state index in [9.17, 15) is 9.59 Å². The maximum absolute atomic E-state index is 12.3. The number of hydrogen-bond acceptors (Lipinski definition) is 5. The van der Waals surface area contributed by atoms with Crippen molar-refractivity contribution in [2.75, 3.05) is 19.6 Å². The summed E-state index contributed by atoms with van der Waals surface area (Å²) in [4.78, 5) is 28.9. The van der Waals surface area contributed by atoms with Crippen LogP contribution in [0, 0.1) is 11.3 Å². The van der Waals surface area contributed by atoms with Crippen LogP contribution in [0.4, 0.5) is 0 Å². The van der Waals surface area contributed by atoms with Crippen LogP contribution >= 0.6 is 0 Å². The molecule has 19 heavy (non-hydrogen) atoms. The van der Waals surface area contributed by atoms with Crippen molar-refractivity contribution < 1.29 is 9.59 Å². The van der Waals surface area contributed by atoms with Crippen molar-refractivity contribution in [2.45, 2.75) is 6.04 Å². The molecule has 1 aliphatic heterocycles. The average molecular weight is 259 g/mol. The molecule has 3 N–H and O–H groups in total. The van der Waals surface area contributed by atoms with Crippen LogP contribution in [-0.2, 0) is 4.79 Å². The fourth-order valence-electron chi connectivity index (χ4n) is 1.94. The maximum atomic E-state index is 12.3. The number of rotatable bonds is 2. The minimum Gasteiger partial charge on any atom is -0.368 e. The Kier molecular flexibility index (Phi) is 3.73. The van der Waals surface area contributed by atoms with E-state index in [1.807, 2.05) is 6.07 Å². The lowest BCUT2D eigenvalue weighted by Crippen LogP contribution is -2.58. The molecular weight excluding hydrogens is 246 g/mol. The van der Waals surface area contributed by atoms with Gasteiger partial charge in [0.05, 0.1) is 5.56 Å². The average Bonchev–Trinajstić information content (AvgIpc) is 2.46. The SMILES string of the molecule is N#Cc1ccc(C(=O)N2CCNCC2C(N)=O)nc1. The lowest BCUT2D eigenvalue weighted by molar-refractivity contribution is -0.122. The highest BCUT2D eigenvalue weighted by molar-refractivity contribution is 5.96. The third kappa shape index (κ3) is 2.69. The number of aromatic nitrogens is 1. The molecule has 0 saturated carbocycles. The first-order chi connectivity index (χ1) is 9.13. The summed E-state index contributed by atoms with van der Waals surface area (Å²) in [5.41, 5.74) is 5.86. The fourth-order valence-corrected chi connectivity index (χ4v) is 1.94. The first-order valence-electron chi connectivity index (χ1n) is 5.80. The van der Waals surface area contributed by atoms with Crippen molar-refractivity contribution in [3.63, 3.8) is 0 Å². The van der Waals surface area contributed by atoms with E-state index in [4.69, 9.17) is 11.0 Å². The van der Waals surface area contributed by atoms with Gasteiger partial charge in [0.25, 0.3) is 5.91 Å². The van der Waals surface area contributed by atoms with E-state index >= 15 is 0 Å². The molecule has 0 spiro atoms. The van der Waals surface area contributed by atoms with Gasteiger partial charge in [0, 0.05) is 25.8 Å². The van der Waals surface area contributed by atoms with Crippen LogP contribution in [0.2, 0.25) is 0 Å². The van der Waals surface area contributed by atoms with Gasteiger partial charge in [-0.2, -0.15) is 5.26 Å². The number of pyridine rings is 1. The predicted molar refractivity (Wildman–Crippen MR) is 65.8 cm³/mol. The smallest absolute Gasteiger partial charge is 0.273 e. The molecule has 2 heterocycles. The maximum Gasteiger partial charge on any atom is 0.273 e. The summed E-state index contributed by atoms with van der Waals surface area (Å²) in [6.07, 6.45) is 1.33. The second-order valence-corrected chi connectivity index (χ2v) is 4.16. The van der Waals surface area contributed by atoms with Crippen LogP contribution in [-0.4, -0.2) is 47.4 Å². The topological polar surface area (TPSA) is 112 Å². The molecule has 2 amide bonds. The summed E-state index contributed by atoms with van der Waals surface area (Å²) >= 11 is 0. The van der Waals surface area contributed by atoms with Gasteiger partial charge in [-0.05, 0) is 12.1 Å². The molecule has 0 aliphatic carbocycles. The number of nitrogens with zero attached hydrogens (tertiary/aromatic N) is 3. The second kappa shape index (κ2) is 5.46. The highest BCUT2D eigenvalue weighted by atomic mass is 16.2. The zero-order valence-corrected chi connectivity index (χ0v) is 10.2. The van der Waals surface area contributed by atoms with Gasteiger partial charge in [-0.15, -0.1) is 0 Å². The second-order valence-electron chi connectivity index (χ2n) is 4.16. The van der Waals surface area contributed by atoms with E-state index in [1.54, 1.807) is 0 Å². The Labute approximate surface area is 110 Å². The van der Waals surface area contributed by atoms with Crippen LogP contribution in [0.3, 0.4) is 0 Å².